The quantitative estimate of drug-likeness (QED) is 0.721. The first-order valence-electron chi connectivity index (χ1n) is 5.36. The normalized spacial score (nSPS) is 21.6. The third-order valence-corrected chi connectivity index (χ3v) is 2.71. The molecule has 2 atom stereocenters. The summed E-state index contributed by atoms with van der Waals surface area (Å²) in [5.41, 5.74) is 5.41. The number of halogens is 1. The summed E-state index contributed by atoms with van der Waals surface area (Å²) in [6.07, 6.45) is 0.330. The average Bonchev–Trinajstić information content (AvgIpc) is 2.59. The fraction of sp³-hybridized carbons (Fsp3) is 0.800. The fourth-order valence-corrected chi connectivity index (χ4v) is 1.67. The van der Waals surface area contributed by atoms with E-state index in [0.717, 1.165) is 0 Å². The van der Waals surface area contributed by atoms with Crippen molar-refractivity contribution in [3.05, 3.63) is 0 Å². The van der Waals surface area contributed by atoms with Crippen molar-refractivity contribution >= 4 is 24.2 Å². The summed E-state index contributed by atoms with van der Waals surface area (Å²) in [6.45, 7) is 5.41. The molecule has 6 heteroatoms. The topological polar surface area (TPSA) is 75.4 Å². The molecule has 3 N–H and O–H groups in total. The van der Waals surface area contributed by atoms with E-state index in [1.807, 2.05) is 13.8 Å². The second kappa shape index (κ2) is 6.70. The van der Waals surface area contributed by atoms with Crippen molar-refractivity contribution in [3.8, 4) is 0 Å². The van der Waals surface area contributed by atoms with Crippen molar-refractivity contribution in [1.29, 1.82) is 0 Å². The summed E-state index contributed by atoms with van der Waals surface area (Å²) >= 11 is 0. The Hall–Kier alpha value is -0.810. The zero-order valence-corrected chi connectivity index (χ0v) is 10.5. The number of hydrogen-bond acceptors (Lipinski definition) is 3. The van der Waals surface area contributed by atoms with E-state index in [1.54, 1.807) is 4.90 Å². The van der Waals surface area contributed by atoms with Gasteiger partial charge in [-0.1, -0.05) is 0 Å². The molecule has 1 aliphatic heterocycles. The number of likely N-dealkylation sites (tertiary alicyclic amines) is 1. The Morgan fingerprint density at radius 2 is 2.31 bits per heavy atom. The van der Waals surface area contributed by atoms with Crippen LogP contribution in [0, 0.1) is 5.92 Å². The molecule has 5 nitrogen and oxygen atoms in total. The molecule has 0 spiro atoms. The fourth-order valence-electron chi connectivity index (χ4n) is 1.67. The Morgan fingerprint density at radius 3 is 2.75 bits per heavy atom. The maximum absolute atomic E-state index is 11.7. The maximum atomic E-state index is 11.7. The molecule has 0 aromatic carbocycles. The molecule has 0 bridgehead atoms. The van der Waals surface area contributed by atoms with E-state index in [-0.39, 0.29) is 36.2 Å². The third kappa shape index (κ3) is 3.64. The van der Waals surface area contributed by atoms with Gasteiger partial charge in [-0.2, -0.15) is 0 Å². The van der Waals surface area contributed by atoms with Gasteiger partial charge in [0.15, 0.2) is 0 Å². The Labute approximate surface area is 102 Å². The van der Waals surface area contributed by atoms with Gasteiger partial charge in [-0.3, -0.25) is 9.59 Å². The third-order valence-electron chi connectivity index (χ3n) is 2.71. The minimum atomic E-state index is -0.202. The summed E-state index contributed by atoms with van der Waals surface area (Å²) in [5.74, 6) is -0.193. The summed E-state index contributed by atoms with van der Waals surface area (Å²) < 4.78 is 0. The van der Waals surface area contributed by atoms with Gasteiger partial charge < -0.3 is 16.0 Å². The lowest BCUT2D eigenvalue weighted by molar-refractivity contribution is -0.129. The molecule has 1 unspecified atom stereocenters. The SMILES string of the molecule is CCN1CC(C(=O)N[C@H](C)CN)CC1=O.Cl. The highest BCUT2D eigenvalue weighted by Gasteiger charge is 2.33. The molecule has 0 radical (unpaired) electrons. The van der Waals surface area contributed by atoms with Crippen LogP contribution in [0.25, 0.3) is 0 Å². The van der Waals surface area contributed by atoms with Gasteiger partial charge in [-0.25, -0.2) is 0 Å². The zero-order valence-electron chi connectivity index (χ0n) is 9.73. The molecule has 0 aliphatic carbocycles. The number of carbonyl (C=O) groups is 2. The van der Waals surface area contributed by atoms with Gasteiger partial charge in [-0.05, 0) is 13.8 Å². The predicted molar refractivity (Wildman–Crippen MR) is 64.3 cm³/mol. The first kappa shape index (κ1) is 15.2. The summed E-state index contributed by atoms with van der Waals surface area (Å²) in [6, 6.07) is -0.0247. The number of amides is 2. The number of nitrogens with one attached hydrogen (secondary N) is 1. The van der Waals surface area contributed by atoms with Gasteiger partial charge >= 0.3 is 0 Å². The Morgan fingerprint density at radius 1 is 1.69 bits per heavy atom. The molecule has 0 aromatic rings. The molecule has 1 rings (SSSR count). The molecular formula is C10H20ClN3O2. The van der Waals surface area contributed by atoms with E-state index in [2.05, 4.69) is 5.32 Å². The molecule has 1 aliphatic rings. The monoisotopic (exact) mass is 249 g/mol. The first-order chi connectivity index (χ1) is 7.08. The second-order valence-corrected chi connectivity index (χ2v) is 3.98. The van der Waals surface area contributed by atoms with Gasteiger partial charge in [0, 0.05) is 32.1 Å². The molecule has 16 heavy (non-hydrogen) atoms. The van der Waals surface area contributed by atoms with Crippen LogP contribution in [0.1, 0.15) is 20.3 Å². The summed E-state index contributed by atoms with van der Waals surface area (Å²) in [5, 5.41) is 2.79. The van der Waals surface area contributed by atoms with Crippen molar-refractivity contribution in [1.82, 2.24) is 10.2 Å². The molecule has 1 saturated heterocycles. The minimum absolute atomic E-state index is 0. The number of carbonyl (C=O) groups excluding carboxylic acids is 2. The Kier molecular flexibility index (Phi) is 6.36. The zero-order chi connectivity index (χ0) is 11.4. The first-order valence-corrected chi connectivity index (χ1v) is 5.36. The van der Waals surface area contributed by atoms with Gasteiger partial charge in [0.05, 0.1) is 5.92 Å². The van der Waals surface area contributed by atoms with Crippen LogP contribution in [0.2, 0.25) is 0 Å². The largest absolute Gasteiger partial charge is 0.352 e. The van der Waals surface area contributed by atoms with Crippen LogP contribution in [0.4, 0.5) is 0 Å². The lowest BCUT2D eigenvalue weighted by Gasteiger charge is -2.16. The number of hydrogen-bond donors (Lipinski definition) is 2. The average molecular weight is 250 g/mol. The van der Waals surface area contributed by atoms with E-state index in [9.17, 15) is 9.59 Å². The summed E-state index contributed by atoms with van der Waals surface area (Å²) in [7, 11) is 0. The van der Waals surface area contributed by atoms with Crippen LogP contribution in [-0.2, 0) is 9.59 Å². The van der Waals surface area contributed by atoms with E-state index < -0.39 is 0 Å². The van der Waals surface area contributed by atoms with Crippen molar-refractivity contribution in [3.63, 3.8) is 0 Å². The number of rotatable bonds is 4. The standard InChI is InChI=1S/C10H19N3O2.ClH/c1-3-13-6-8(4-9(13)14)10(15)12-7(2)5-11;/h7-8H,3-6,11H2,1-2H3,(H,12,15);1H/t7-,8?;/m1./s1. The second-order valence-electron chi connectivity index (χ2n) is 3.98. The van der Waals surface area contributed by atoms with Crippen LogP contribution < -0.4 is 11.1 Å². The van der Waals surface area contributed by atoms with Crippen molar-refractivity contribution in [2.45, 2.75) is 26.3 Å². The number of nitrogens with zero attached hydrogens (tertiary/aromatic N) is 1. The highest BCUT2D eigenvalue weighted by Crippen LogP contribution is 2.17. The lowest BCUT2D eigenvalue weighted by Crippen LogP contribution is -2.41. The molecule has 1 heterocycles. The van der Waals surface area contributed by atoms with Crippen molar-refractivity contribution < 1.29 is 9.59 Å². The Balaban J connectivity index is 0.00000225. The minimum Gasteiger partial charge on any atom is -0.352 e. The molecule has 0 aromatic heterocycles. The molecule has 94 valence electrons. The van der Waals surface area contributed by atoms with Crippen LogP contribution in [0.5, 0.6) is 0 Å². The van der Waals surface area contributed by atoms with E-state index >= 15 is 0 Å². The van der Waals surface area contributed by atoms with E-state index in [4.69, 9.17) is 5.73 Å². The Bertz CT molecular complexity index is 260. The molecule has 2 amide bonds. The van der Waals surface area contributed by atoms with Gasteiger partial charge in [-0.15, -0.1) is 12.4 Å². The van der Waals surface area contributed by atoms with Gasteiger partial charge in [0.2, 0.25) is 11.8 Å². The molecule has 0 saturated carbocycles. The van der Waals surface area contributed by atoms with Gasteiger partial charge in [0.25, 0.3) is 0 Å². The lowest BCUT2D eigenvalue weighted by atomic mass is 10.1. The predicted octanol–water partition coefficient (Wildman–Crippen LogP) is -0.260. The smallest absolute Gasteiger partial charge is 0.225 e. The van der Waals surface area contributed by atoms with Crippen LogP contribution in [0.3, 0.4) is 0 Å². The number of nitrogens with two attached hydrogens (primary N) is 1. The van der Waals surface area contributed by atoms with Crippen molar-refractivity contribution in [2.24, 2.45) is 11.7 Å². The molecule has 1 fully saturated rings. The van der Waals surface area contributed by atoms with Crippen molar-refractivity contribution in [2.75, 3.05) is 19.6 Å². The van der Waals surface area contributed by atoms with Crippen LogP contribution >= 0.6 is 12.4 Å². The maximum Gasteiger partial charge on any atom is 0.225 e. The van der Waals surface area contributed by atoms with Gasteiger partial charge in [0.1, 0.15) is 0 Å². The highest BCUT2D eigenvalue weighted by molar-refractivity contribution is 5.89. The summed E-state index contributed by atoms with van der Waals surface area (Å²) in [4.78, 5) is 24.8. The van der Waals surface area contributed by atoms with E-state index in [1.165, 1.54) is 0 Å². The molecular weight excluding hydrogens is 230 g/mol. The van der Waals surface area contributed by atoms with Crippen LogP contribution in [0.15, 0.2) is 0 Å². The highest BCUT2D eigenvalue weighted by atomic mass is 35.5. The van der Waals surface area contributed by atoms with E-state index in [0.29, 0.717) is 26.1 Å². The van der Waals surface area contributed by atoms with Crippen LogP contribution in [-0.4, -0.2) is 42.4 Å².